The van der Waals surface area contributed by atoms with Gasteiger partial charge in [-0.05, 0) is 54.3 Å². The molecule has 6 heteroatoms. The van der Waals surface area contributed by atoms with E-state index in [0.717, 1.165) is 42.7 Å². The fourth-order valence-corrected chi connectivity index (χ4v) is 4.55. The third-order valence-electron chi connectivity index (χ3n) is 6.86. The second kappa shape index (κ2) is 16.0. The van der Waals surface area contributed by atoms with Gasteiger partial charge in [0.1, 0.15) is 11.5 Å². The minimum atomic E-state index is -0.373. The van der Waals surface area contributed by atoms with Gasteiger partial charge in [-0.3, -0.25) is 19.7 Å². The molecule has 212 valence electrons. The quantitative estimate of drug-likeness (QED) is 0.0830. The molecule has 0 radical (unpaired) electrons. The predicted octanol–water partition coefficient (Wildman–Crippen LogP) is 7.20. The summed E-state index contributed by atoms with van der Waals surface area (Å²) in [5.74, 6) is 0.883. The molecule has 1 aliphatic rings. The van der Waals surface area contributed by atoms with E-state index >= 15 is 0 Å². The molecule has 2 amide bonds. The second-order valence-corrected chi connectivity index (χ2v) is 10.1. The van der Waals surface area contributed by atoms with Gasteiger partial charge in [0.25, 0.3) is 11.8 Å². The van der Waals surface area contributed by atoms with Crippen molar-refractivity contribution in [3.05, 3.63) is 108 Å². The minimum absolute atomic E-state index is 0.00430. The van der Waals surface area contributed by atoms with Crippen LogP contribution in [0, 0.1) is 0 Å². The molecular weight excluding hydrogens is 514 g/mol. The first-order chi connectivity index (χ1) is 20.1. The number of ketones is 1. The Labute approximate surface area is 242 Å². The number of unbranched alkanes of at least 4 members (excludes halogenated alkanes) is 7. The van der Waals surface area contributed by atoms with Crippen LogP contribution in [-0.4, -0.2) is 30.8 Å². The number of hydrogen-bond acceptors (Lipinski definition) is 5. The maximum Gasteiger partial charge on any atom is 0.258 e. The number of hydrogen-bond donors (Lipinski definition) is 1. The van der Waals surface area contributed by atoms with Crippen LogP contribution in [0.3, 0.4) is 0 Å². The lowest BCUT2D eigenvalue weighted by Crippen LogP contribution is -2.21. The minimum Gasteiger partial charge on any atom is -0.494 e. The highest BCUT2D eigenvalue weighted by Crippen LogP contribution is 2.22. The van der Waals surface area contributed by atoms with Crippen LogP contribution >= 0.6 is 0 Å². The van der Waals surface area contributed by atoms with Gasteiger partial charge in [0.15, 0.2) is 5.78 Å². The van der Waals surface area contributed by atoms with Gasteiger partial charge in [-0.15, -0.1) is 0 Å². The third-order valence-corrected chi connectivity index (χ3v) is 6.86. The molecule has 0 spiro atoms. The molecular formula is C35H37NO5. The summed E-state index contributed by atoms with van der Waals surface area (Å²) in [6.45, 7) is 1.38. The SMILES string of the molecule is O=C1C=C(c2ccc(OCCCCCCCCCCOc3ccc(C=CC(=O)c4ccccc4)cc3)cc2)C(=O)N1. The Morgan fingerprint density at radius 3 is 1.73 bits per heavy atom. The first-order valence-corrected chi connectivity index (χ1v) is 14.4. The number of rotatable bonds is 17. The lowest BCUT2D eigenvalue weighted by atomic mass is 10.1. The average Bonchev–Trinajstić information content (AvgIpc) is 3.35. The Kier molecular flexibility index (Phi) is 11.5. The maximum atomic E-state index is 12.2. The molecule has 41 heavy (non-hydrogen) atoms. The summed E-state index contributed by atoms with van der Waals surface area (Å²) >= 11 is 0. The van der Waals surface area contributed by atoms with Gasteiger partial charge in [0.05, 0.1) is 18.8 Å². The molecule has 0 saturated carbocycles. The average molecular weight is 552 g/mol. The summed E-state index contributed by atoms with van der Waals surface area (Å²) < 4.78 is 11.7. The molecule has 0 saturated heterocycles. The predicted molar refractivity (Wildman–Crippen MR) is 162 cm³/mol. The van der Waals surface area contributed by atoms with Crippen LogP contribution < -0.4 is 14.8 Å². The molecule has 6 nitrogen and oxygen atoms in total. The van der Waals surface area contributed by atoms with E-state index in [1.807, 2.05) is 72.8 Å². The molecule has 0 aromatic heterocycles. The summed E-state index contributed by atoms with van der Waals surface area (Å²) in [5, 5.41) is 2.26. The van der Waals surface area contributed by atoms with Crippen LogP contribution in [0.1, 0.15) is 72.9 Å². The first-order valence-electron chi connectivity index (χ1n) is 14.4. The van der Waals surface area contributed by atoms with Crippen LogP contribution in [-0.2, 0) is 9.59 Å². The van der Waals surface area contributed by atoms with Crippen LogP contribution in [0.15, 0.2) is 91.0 Å². The first kappa shape index (κ1) is 29.5. The van der Waals surface area contributed by atoms with Crippen LogP contribution in [0.2, 0.25) is 0 Å². The zero-order valence-corrected chi connectivity index (χ0v) is 23.3. The maximum absolute atomic E-state index is 12.2. The van der Waals surface area contributed by atoms with Gasteiger partial charge < -0.3 is 9.47 Å². The number of ether oxygens (including phenoxy) is 2. The number of imide groups is 1. The number of allylic oxidation sites excluding steroid dienone is 1. The van der Waals surface area contributed by atoms with Gasteiger partial charge in [-0.25, -0.2) is 0 Å². The standard InChI is InChI=1S/C35H37NO5/c37-33(29-12-8-7-9-13-29)23-16-27-14-19-30(20-15-27)40-24-10-5-3-1-2-4-6-11-25-41-31-21-17-28(18-22-31)32-26-34(38)36-35(32)39/h7-9,12-23,26H,1-6,10-11,24-25H2,(H,36,38,39). The van der Waals surface area contributed by atoms with Crippen LogP contribution in [0.25, 0.3) is 11.6 Å². The van der Waals surface area contributed by atoms with E-state index in [0.29, 0.717) is 29.9 Å². The number of amides is 2. The topological polar surface area (TPSA) is 81.7 Å². The second-order valence-electron chi connectivity index (χ2n) is 10.1. The molecule has 1 aliphatic heterocycles. The van der Waals surface area contributed by atoms with Crippen LogP contribution in [0.5, 0.6) is 11.5 Å². The number of nitrogens with one attached hydrogen (secondary N) is 1. The molecule has 0 bridgehead atoms. The smallest absolute Gasteiger partial charge is 0.258 e. The van der Waals surface area contributed by atoms with E-state index in [1.54, 1.807) is 18.2 Å². The van der Waals surface area contributed by atoms with Crippen molar-refractivity contribution >= 4 is 29.2 Å². The highest BCUT2D eigenvalue weighted by molar-refractivity contribution is 6.33. The molecule has 0 aliphatic carbocycles. The molecule has 4 rings (SSSR count). The zero-order valence-electron chi connectivity index (χ0n) is 23.3. The van der Waals surface area contributed by atoms with Crippen molar-refractivity contribution < 1.29 is 23.9 Å². The Morgan fingerprint density at radius 1 is 0.659 bits per heavy atom. The van der Waals surface area contributed by atoms with E-state index in [2.05, 4.69) is 5.32 Å². The lowest BCUT2D eigenvalue weighted by Gasteiger charge is -2.08. The summed E-state index contributed by atoms with van der Waals surface area (Å²) in [6.07, 6.45) is 14.0. The molecule has 1 heterocycles. The molecule has 1 N–H and O–H groups in total. The number of carbonyl (C=O) groups excluding carboxylic acids is 3. The Balaban J connectivity index is 0.979. The highest BCUT2D eigenvalue weighted by atomic mass is 16.5. The van der Waals surface area contributed by atoms with Gasteiger partial charge in [0.2, 0.25) is 0 Å². The van der Waals surface area contributed by atoms with Crippen molar-refractivity contribution in [3.63, 3.8) is 0 Å². The Hall–Kier alpha value is -4.45. The monoisotopic (exact) mass is 551 g/mol. The van der Waals surface area contributed by atoms with Crippen molar-refractivity contribution in [1.82, 2.24) is 5.32 Å². The number of benzene rings is 3. The van der Waals surface area contributed by atoms with Crippen molar-refractivity contribution in [2.45, 2.75) is 51.4 Å². The van der Waals surface area contributed by atoms with Crippen molar-refractivity contribution in [2.75, 3.05) is 13.2 Å². The van der Waals surface area contributed by atoms with E-state index in [1.165, 1.54) is 31.8 Å². The van der Waals surface area contributed by atoms with Crippen molar-refractivity contribution in [2.24, 2.45) is 0 Å². The Morgan fingerprint density at radius 2 is 1.20 bits per heavy atom. The zero-order chi connectivity index (χ0) is 28.7. The van der Waals surface area contributed by atoms with Crippen LogP contribution in [0.4, 0.5) is 0 Å². The molecule has 0 unspecified atom stereocenters. The summed E-state index contributed by atoms with van der Waals surface area (Å²) in [5.41, 5.74) is 2.76. The van der Waals surface area contributed by atoms with E-state index in [9.17, 15) is 14.4 Å². The van der Waals surface area contributed by atoms with Gasteiger partial charge >= 0.3 is 0 Å². The molecule has 0 fully saturated rings. The van der Waals surface area contributed by atoms with Gasteiger partial charge in [0, 0.05) is 11.6 Å². The normalized spacial score (nSPS) is 12.8. The largest absolute Gasteiger partial charge is 0.494 e. The lowest BCUT2D eigenvalue weighted by molar-refractivity contribution is -0.123. The van der Waals surface area contributed by atoms with Crippen molar-refractivity contribution in [3.8, 4) is 11.5 Å². The van der Waals surface area contributed by atoms with E-state index in [4.69, 9.17) is 9.47 Å². The van der Waals surface area contributed by atoms with Crippen molar-refractivity contribution in [1.29, 1.82) is 0 Å². The molecule has 0 atom stereocenters. The fraction of sp³-hybridized carbons (Fsp3) is 0.286. The van der Waals surface area contributed by atoms with E-state index < -0.39 is 0 Å². The third kappa shape index (κ3) is 9.91. The Bertz CT molecular complexity index is 1340. The summed E-state index contributed by atoms with van der Waals surface area (Å²) in [6, 6.07) is 24.3. The van der Waals surface area contributed by atoms with Gasteiger partial charge in [-0.1, -0.05) is 99.2 Å². The highest BCUT2D eigenvalue weighted by Gasteiger charge is 2.21. The summed E-state index contributed by atoms with van der Waals surface area (Å²) in [4.78, 5) is 35.2. The fourth-order valence-electron chi connectivity index (χ4n) is 4.55. The van der Waals surface area contributed by atoms with E-state index in [-0.39, 0.29) is 17.6 Å². The van der Waals surface area contributed by atoms with Gasteiger partial charge in [-0.2, -0.15) is 0 Å². The summed E-state index contributed by atoms with van der Waals surface area (Å²) in [7, 11) is 0. The molecule has 3 aromatic rings. The number of carbonyl (C=O) groups is 3. The molecule has 3 aromatic carbocycles.